The van der Waals surface area contributed by atoms with Crippen molar-refractivity contribution in [2.24, 2.45) is 0 Å². The van der Waals surface area contributed by atoms with E-state index in [1.54, 1.807) is 6.33 Å². The number of aromatic nitrogens is 2. The summed E-state index contributed by atoms with van der Waals surface area (Å²) < 4.78 is 5.83. The lowest BCUT2D eigenvalue weighted by molar-refractivity contribution is 0.331. The molecule has 110 valence electrons. The monoisotopic (exact) mass is 284 g/mol. The number of ether oxygens (including phenoxy) is 1. The first-order valence-electron chi connectivity index (χ1n) is 7.30. The maximum atomic E-state index is 5.83. The minimum Gasteiger partial charge on any atom is -0.491 e. The topological polar surface area (TPSA) is 50.3 Å². The van der Waals surface area contributed by atoms with Gasteiger partial charge < -0.3 is 15.0 Å². The summed E-state index contributed by atoms with van der Waals surface area (Å²) in [5.74, 6) is 2.87. The third-order valence-electron chi connectivity index (χ3n) is 3.77. The molecule has 0 amide bonds. The van der Waals surface area contributed by atoms with Crippen molar-refractivity contribution in [2.45, 2.75) is 19.9 Å². The second-order valence-corrected chi connectivity index (χ2v) is 5.01. The smallest absolute Gasteiger partial charge is 0.137 e. The van der Waals surface area contributed by atoms with Crippen LogP contribution in [0.25, 0.3) is 0 Å². The van der Waals surface area contributed by atoms with E-state index in [4.69, 9.17) is 4.74 Å². The van der Waals surface area contributed by atoms with Crippen LogP contribution in [0.3, 0.4) is 0 Å². The van der Waals surface area contributed by atoms with Crippen molar-refractivity contribution < 1.29 is 4.74 Å². The lowest BCUT2D eigenvalue weighted by atomic mass is 10.1. The Labute approximate surface area is 125 Å². The van der Waals surface area contributed by atoms with E-state index < -0.39 is 0 Å². The maximum absolute atomic E-state index is 5.83. The number of anilines is 2. The Balaban J connectivity index is 1.98. The largest absolute Gasteiger partial charge is 0.491 e. The van der Waals surface area contributed by atoms with E-state index in [1.165, 1.54) is 5.56 Å². The van der Waals surface area contributed by atoms with Crippen molar-refractivity contribution in [3.05, 3.63) is 41.7 Å². The molecule has 5 heteroatoms. The van der Waals surface area contributed by atoms with E-state index in [2.05, 4.69) is 33.2 Å². The van der Waals surface area contributed by atoms with Crippen molar-refractivity contribution >= 4 is 11.6 Å². The molecule has 0 unspecified atom stereocenters. The molecule has 0 aliphatic carbocycles. The predicted molar refractivity (Wildman–Crippen MR) is 83.9 cm³/mol. The third-order valence-corrected chi connectivity index (χ3v) is 3.77. The van der Waals surface area contributed by atoms with Crippen LogP contribution in [-0.4, -0.2) is 30.2 Å². The summed E-state index contributed by atoms with van der Waals surface area (Å²) in [7, 11) is 1.89. The minimum absolute atomic E-state index is 0.666. The van der Waals surface area contributed by atoms with E-state index in [-0.39, 0.29) is 0 Å². The van der Waals surface area contributed by atoms with Crippen molar-refractivity contribution in [1.82, 2.24) is 9.97 Å². The molecule has 1 aliphatic rings. The zero-order valence-corrected chi connectivity index (χ0v) is 12.5. The van der Waals surface area contributed by atoms with Crippen molar-refractivity contribution in [3.8, 4) is 5.75 Å². The highest BCUT2D eigenvalue weighted by atomic mass is 16.5. The van der Waals surface area contributed by atoms with Gasteiger partial charge in [0.2, 0.25) is 0 Å². The molecule has 0 radical (unpaired) electrons. The number of hydrogen-bond donors (Lipinski definition) is 1. The van der Waals surface area contributed by atoms with Gasteiger partial charge in [0.1, 0.15) is 30.3 Å². The normalized spacial score (nSPS) is 14.1. The molecule has 2 aromatic rings. The second kappa shape index (κ2) is 5.99. The van der Waals surface area contributed by atoms with E-state index in [0.717, 1.165) is 42.5 Å². The first-order valence-corrected chi connectivity index (χ1v) is 7.30. The molecule has 0 saturated heterocycles. The van der Waals surface area contributed by atoms with Crippen LogP contribution < -0.4 is 15.0 Å². The molecule has 1 aliphatic heterocycles. The van der Waals surface area contributed by atoms with E-state index in [0.29, 0.717) is 6.61 Å². The molecule has 0 fully saturated rings. The van der Waals surface area contributed by atoms with Gasteiger partial charge >= 0.3 is 0 Å². The lowest BCUT2D eigenvalue weighted by Crippen LogP contribution is -2.27. The average Bonchev–Trinajstić information content (AvgIpc) is 2.76. The van der Waals surface area contributed by atoms with Crippen LogP contribution in [-0.2, 0) is 13.0 Å². The van der Waals surface area contributed by atoms with Gasteiger partial charge in [-0.05, 0) is 12.5 Å². The van der Waals surface area contributed by atoms with Gasteiger partial charge in [-0.1, -0.05) is 25.1 Å². The van der Waals surface area contributed by atoms with Crippen molar-refractivity contribution in [2.75, 3.05) is 30.4 Å². The standard InChI is InChI=1S/C16H20N4O/c1-3-13-15(17-2)18-11-19-16(13)20-8-9-21-14-7-5-4-6-12(14)10-20/h4-7,11H,3,8-10H2,1-2H3,(H,17,18,19). The fraction of sp³-hybridized carbons (Fsp3) is 0.375. The zero-order chi connectivity index (χ0) is 14.7. The van der Waals surface area contributed by atoms with Crippen LogP contribution in [0.4, 0.5) is 11.6 Å². The molecule has 1 N–H and O–H groups in total. The second-order valence-electron chi connectivity index (χ2n) is 5.01. The van der Waals surface area contributed by atoms with E-state index >= 15 is 0 Å². The summed E-state index contributed by atoms with van der Waals surface area (Å²) in [5.41, 5.74) is 2.35. The predicted octanol–water partition coefficient (Wildman–Crippen LogP) is 2.48. The zero-order valence-electron chi connectivity index (χ0n) is 12.5. The lowest BCUT2D eigenvalue weighted by Gasteiger charge is -2.24. The Bertz CT molecular complexity index is 629. The van der Waals surface area contributed by atoms with Crippen LogP contribution in [0.1, 0.15) is 18.1 Å². The van der Waals surface area contributed by atoms with Gasteiger partial charge in [-0.3, -0.25) is 0 Å². The molecule has 1 aromatic heterocycles. The summed E-state index contributed by atoms with van der Waals surface area (Å²) >= 11 is 0. The third kappa shape index (κ3) is 2.63. The van der Waals surface area contributed by atoms with Gasteiger partial charge in [0.25, 0.3) is 0 Å². The molecular weight excluding hydrogens is 264 g/mol. The molecule has 2 heterocycles. The Morgan fingerprint density at radius 3 is 2.95 bits per heavy atom. The SMILES string of the molecule is CCc1c(NC)ncnc1N1CCOc2ccccc2C1. The highest BCUT2D eigenvalue weighted by Gasteiger charge is 2.20. The first-order chi connectivity index (χ1) is 10.3. The van der Waals surface area contributed by atoms with Crippen LogP contribution >= 0.6 is 0 Å². The number of para-hydroxylation sites is 1. The van der Waals surface area contributed by atoms with Gasteiger partial charge in [0, 0.05) is 24.7 Å². The van der Waals surface area contributed by atoms with Gasteiger partial charge in [0.15, 0.2) is 0 Å². The number of rotatable bonds is 3. The Morgan fingerprint density at radius 1 is 1.29 bits per heavy atom. The first kappa shape index (κ1) is 13.7. The molecule has 21 heavy (non-hydrogen) atoms. The molecular formula is C16H20N4O. The fourth-order valence-corrected chi connectivity index (χ4v) is 2.72. The molecule has 0 bridgehead atoms. The molecule has 1 aromatic carbocycles. The maximum Gasteiger partial charge on any atom is 0.137 e. The van der Waals surface area contributed by atoms with Crippen LogP contribution in [0, 0.1) is 0 Å². The van der Waals surface area contributed by atoms with Crippen LogP contribution in [0.15, 0.2) is 30.6 Å². The Morgan fingerprint density at radius 2 is 2.14 bits per heavy atom. The van der Waals surface area contributed by atoms with Gasteiger partial charge in [-0.2, -0.15) is 0 Å². The molecule has 0 atom stereocenters. The summed E-state index contributed by atoms with van der Waals surface area (Å²) in [4.78, 5) is 11.1. The van der Waals surface area contributed by atoms with E-state index in [1.807, 2.05) is 25.2 Å². The molecule has 3 rings (SSSR count). The highest BCUT2D eigenvalue weighted by Crippen LogP contribution is 2.29. The summed E-state index contributed by atoms with van der Waals surface area (Å²) in [6.45, 7) is 4.43. The number of benzene rings is 1. The highest BCUT2D eigenvalue weighted by molar-refractivity contribution is 5.59. The molecule has 0 spiro atoms. The van der Waals surface area contributed by atoms with Crippen molar-refractivity contribution in [1.29, 1.82) is 0 Å². The quantitative estimate of drug-likeness (QED) is 0.938. The fourth-order valence-electron chi connectivity index (χ4n) is 2.72. The van der Waals surface area contributed by atoms with Gasteiger partial charge in [-0.25, -0.2) is 9.97 Å². The Hall–Kier alpha value is -2.30. The summed E-state index contributed by atoms with van der Waals surface area (Å²) in [6.07, 6.45) is 2.52. The molecule has 0 saturated carbocycles. The van der Waals surface area contributed by atoms with Gasteiger partial charge in [-0.15, -0.1) is 0 Å². The number of nitrogens with one attached hydrogen (secondary N) is 1. The average molecular weight is 284 g/mol. The van der Waals surface area contributed by atoms with E-state index in [9.17, 15) is 0 Å². The van der Waals surface area contributed by atoms with Crippen LogP contribution in [0.5, 0.6) is 5.75 Å². The minimum atomic E-state index is 0.666. The number of fused-ring (bicyclic) bond motifs is 1. The number of nitrogens with zero attached hydrogens (tertiary/aromatic N) is 3. The molecule has 5 nitrogen and oxygen atoms in total. The summed E-state index contributed by atoms with van der Waals surface area (Å²) in [5, 5.41) is 3.15. The van der Waals surface area contributed by atoms with Crippen LogP contribution in [0.2, 0.25) is 0 Å². The van der Waals surface area contributed by atoms with Crippen molar-refractivity contribution in [3.63, 3.8) is 0 Å². The Kier molecular flexibility index (Phi) is 3.90. The summed E-state index contributed by atoms with van der Waals surface area (Å²) in [6, 6.07) is 8.19. The van der Waals surface area contributed by atoms with Gasteiger partial charge in [0.05, 0.1) is 6.54 Å². The number of hydrogen-bond acceptors (Lipinski definition) is 5.